The van der Waals surface area contributed by atoms with Crippen LogP contribution in [-0.4, -0.2) is 15.1 Å². The van der Waals surface area contributed by atoms with E-state index < -0.39 is 0 Å². The fourth-order valence-electron chi connectivity index (χ4n) is 2.47. The molecule has 0 radical (unpaired) electrons. The second-order valence-electron chi connectivity index (χ2n) is 5.00. The minimum atomic E-state index is 0.364. The van der Waals surface area contributed by atoms with Gasteiger partial charge in [0, 0.05) is 11.8 Å². The Bertz CT molecular complexity index is 665. The number of nitrogens with zero attached hydrogens (tertiary/aromatic N) is 2. The van der Waals surface area contributed by atoms with Crippen LogP contribution in [0, 0.1) is 6.92 Å². The lowest BCUT2D eigenvalue weighted by Gasteiger charge is -2.11. The summed E-state index contributed by atoms with van der Waals surface area (Å²) in [6.45, 7) is 2.41. The van der Waals surface area contributed by atoms with Gasteiger partial charge in [0.25, 0.3) is 0 Å². The minimum Gasteiger partial charge on any atom is -0.389 e. The summed E-state index contributed by atoms with van der Waals surface area (Å²) in [6.07, 6.45) is 3.21. The van der Waals surface area contributed by atoms with E-state index in [-0.39, 0.29) is 0 Å². The summed E-state index contributed by atoms with van der Waals surface area (Å²) in [4.78, 5) is 5.02. The van der Waals surface area contributed by atoms with Gasteiger partial charge in [-0.3, -0.25) is 0 Å². The van der Waals surface area contributed by atoms with Crippen LogP contribution in [0.25, 0.3) is 0 Å². The Morgan fingerprint density at radius 1 is 1.45 bits per heavy atom. The van der Waals surface area contributed by atoms with Gasteiger partial charge in [0.05, 0.1) is 17.8 Å². The minimum absolute atomic E-state index is 0.364. The number of nitrogens with two attached hydrogens (primary N) is 1. The van der Waals surface area contributed by atoms with Crippen LogP contribution in [-0.2, 0) is 19.4 Å². The van der Waals surface area contributed by atoms with E-state index in [1.807, 2.05) is 13.0 Å². The second kappa shape index (κ2) is 5.20. The van der Waals surface area contributed by atoms with Crippen molar-refractivity contribution in [1.29, 1.82) is 0 Å². The molecule has 6 heteroatoms. The third kappa shape index (κ3) is 2.51. The summed E-state index contributed by atoms with van der Waals surface area (Å²) in [7, 11) is 0. The SMILES string of the molecule is Cc1cc(CNc2nc3c(cc2C(N)=S)CCC3)on1. The highest BCUT2D eigenvalue weighted by Gasteiger charge is 2.17. The smallest absolute Gasteiger partial charge is 0.156 e. The molecule has 0 atom stereocenters. The summed E-state index contributed by atoms with van der Waals surface area (Å²) in [5.74, 6) is 1.49. The Labute approximate surface area is 122 Å². The van der Waals surface area contributed by atoms with Crippen LogP contribution in [0.15, 0.2) is 16.7 Å². The summed E-state index contributed by atoms with van der Waals surface area (Å²) in [5.41, 5.74) is 9.86. The third-order valence-corrected chi connectivity index (χ3v) is 3.64. The molecule has 0 spiro atoms. The Morgan fingerprint density at radius 3 is 3.00 bits per heavy atom. The number of rotatable bonds is 4. The van der Waals surface area contributed by atoms with Gasteiger partial charge in [-0.05, 0) is 37.8 Å². The fraction of sp³-hybridized carbons (Fsp3) is 0.357. The quantitative estimate of drug-likeness (QED) is 0.839. The summed E-state index contributed by atoms with van der Waals surface area (Å²) in [5, 5.41) is 7.10. The van der Waals surface area contributed by atoms with Crippen LogP contribution in [0.3, 0.4) is 0 Å². The zero-order chi connectivity index (χ0) is 14.1. The van der Waals surface area contributed by atoms with Crippen molar-refractivity contribution in [3.8, 4) is 0 Å². The van der Waals surface area contributed by atoms with Gasteiger partial charge < -0.3 is 15.6 Å². The maximum absolute atomic E-state index is 5.80. The van der Waals surface area contributed by atoms with Gasteiger partial charge in [0.2, 0.25) is 0 Å². The molecule has 3 N–H and O–H groups in total. The van der Waals surface area contributed by atoms with Crippen LogP contribution in [0.4, 0.5) is 5.82 Å². The van der Waals surface area contributed by atoms with Gasteiger partial charge in [-0.15, -0.1) is 0 Å². The van der Waals surface area contributed by atoms with Crippen LogP contribution < -0.4 is 11.1 Å². The maximum atomic E-state index is 5.80. The van der Waals surface area contributed by atoms with Gasteiger partial charge >= 0.3 is 0 Å². The average molecular weight is 288 g/mol. The van der Waals surface area contributed by atoms with Crippen molar-refractivity contribution >= 4 is 23.0 Å². The zero-order valence-electron chi connectivity index (χ0n) is 11.3. The van der Waals surface area contributed by atoms with E-state index in [4.69, 9.17) is 22.5 Å². The predicted octanol–water partition coefficient (Wildman–Crippen LogP) is 2.11. The lowest BCUT2D eigenvalue weighted by Crippen LogP contribution is -2.15. The maximum Gasteiger partial charge on any atom is 0.156 e. The van der Waals surface area contributed by atoms with Crippen molar-refractivity contribution in [1.82, 2.24) is 10.1 Å². The number of hydrogen-bond donors (Lipinski definition) is 2. The largest absolute Gasteiger partial charge is 0.389 e. The average Bonchev–Trinajstić information content (AvgIpc) is 3.03. The fourth-order valence-corrected chi connectivity index (χ4v) is 2.62. The molecule has 0 aromatic carbocycles. The molecule has 2 aromatic rings. The number of pyridine rings is 1. The van der Waals surface area contributed by atoms with E-state index in [0.717, 1.165) is 47.8 Å². The number of nitrogens with one attached hydrogen (secondary N) is 1. The van der Waals surface area contributed by atoms with Crippen molar-refractivity contribution in [2.24, 2.45) is 5.73 Å². The highest BCUT2D eigenvalue weighted by atomic mass is 32.1. The molecular formula is C14H16N4OS. The van der Waals surface area contributed by atoms with Gasteiger partial charge in [-0.2, -0.15) is 0 Å². The van der Waals surface area contributed by atoms with Crippen LogP contribution in [0.5, 0.6) is 0 Å². The monoisotopic (exact) mass is 288 g/mol. The molecule has 0 unspecified atom stereocenters. The standard InChI is InChI=1S/C14H16N4OS/c1-8-5-10(19-18-8)7-16-14-11(13(15)20)6-9-3-2-4-12(9)17-14/h5-6H,2-4,7H2,1H3,(H2,15,20)(H,16,17). The summed E-state index contributed by atoms with van der Waals surface area (Å²) >= 11 is 5.12. The zero-order valence-corrected chi connectivity index (χ0v) is 12.1. The molecule has 0 fully saturated rings. The van der Waals surface area contributed by atoms with E-state index in [1.54, 1.807) is 0 Å². The van der Waals surface area contributed by atoms with Gasteiger partial charge in [-0.1, -0.05) is 17.4 Å². The molecular weight excluding hydrogens is 272 g/mol. The second-order valence-corrected chi connectivity index (χ2v) is 5.44. The number of anilines is 1. The molecule has 0 saturated heterocycles. The van der Waals surface area contributed by atoms with E-state index in [9.17, 15) is 0 Å². The Balaban J connectivity index is 1.86. The van der Waals surface area contributed by atoms with Crippen LogP contribution in [0.1, 0.15) is 34.7 Å². The third-order valence-electron chi connectivity index (χ3n) is 3.42. The molecule has 2 heterocycles. The molecule has 5 nitrogen and oxygen atoms in total. The highest BCUT2D eigenvalue weighted by molar-refractivity contribution is 7.80. The molecule has 0 saturated carbocycles. The highest BCUT2D eigenvalue weighted by Crippen LogP contribution is 2.25. The molecule has 0 bridgehead atoms. The summed E-state index contributed by atoms with van der Waals surface area (Å²) in [6, 6.07) is 3.95. The molecule has 2 aromatic heterocycles. The number of aromatic nitrogens is 2. The van der Waals surface area contributed by atoms with Crippen molar-refractivity contribution in [3.63, 3.8) is 0 Å². The first kappa shape index (κ1) is 13.1. The first-order valence-electron chi connectivity index (χ1n) is 6.62. The Hall–Kier alpha value is -1.95. The van der Waals surface area contributed by atoms with Crippen LogP contribution in [0.2, 0.25) is 0 Å². The van der Waals surface area contributed by atoms with Gasteiger partial charge in [-0.25, -0.2) is 4.98 Å². The molecule has 3 rings (SSSR count). The molecule has 1 aliphatic carbocycles. The molecule has 1 aliphatic rings. The number of thiocarbonyl (C=S) groups is 1. The first-order valence-corrected chi connectivity index (χ1v) is 7.03. The van der Waals surface area contributed by atoms with Crippen molar-refractivity contribution in [2.45, 2.75) is 32.7 Å². The first-order chi connectivity index (χ1) is 9.63. The van der Waals surface area contributed by atoms with Crippen molar-refractivity contribution in [3.05, 3.63) is 40.4 Å². The number of fused-ring (bicyclic) bond motifs is 1. The summed E-state index contributed by atoms with van der Waals surface area (Å²) < 4.78 is 5.17. The van der Waals surface area contributed by atoms with E-state index in [0.29, 0.717) is 11.5 Å². The molecule has 104 valence electrons. The number of hydrogen-bond acceptors (Lipinski definition) is 5. The van der Waals surface area contributed by atoms with Crippen molar-refractivity contribution in [2.75, 3.05) is 5.32 Å². The van der Waals surface area contributed by atoms with Crippen LogP contribution >= 0.6 is 12.2 Å². The van der Waals surface area contributed by atoms with E-state index in [2.05, 4.69) is 21.5 Å². The Morgan fingerprint density at radius 2 is 2.30 bits per heavy atom. The topological polar surface area (TPSA) is 77.0 Å². The normalized spacial score (nSPS) is 13.2. The molecule has 20 heavy (non-hydrogen) atoms. The van der Waals surface area contributed by atoms with Crippen molar-refractivity contribution < 1.29 is 4.52 Å². The van der Waals surface area contributed by atoms with E-state index >= 15 is 0 Å². The predicted molar refractivity (Wildman–Crippen MR) is 80.7 cm³/mol. The van der Waals surface area contributed by atoms with E-state index in [1.165, 1.54) is 5.56 Å². The lowest BCUT2D eigenvalue weighted by atomic mass is 10.1. The molecule has 0 amide bonds. The van der Waals surface area contributed by atoms with Gasteiger partial charge in [0.1, 0.15) is 10.8 Å². The van der Waals surface area contributed by atoms with Gasteiger partial charge in [0.15, 0.2) is 5.76 Å². The number of aryl methyl sites for hydroxylation is 3. The molecule has 0 aliphatic heterocycles. The lowest BCUT2D eigenvalue weighted by molar-refractivity contribution is 0.384. The Kier molecular flexibility index (Phi) is 3.40.